The summed E-state index contributed by atoms with van der Waals surface area (Å²) in [5, 5.41) is 0. The first-order valence-electron chi connectivity index (χ1n) is 4.24. The second-order valence-electron chi connectivity index (χ2n) is 3.01. The SMILES string of the molecule is C#CCCc1ccc(C(F)(F)F)cc1Br. The summed E-state index contributed by atoms with van der Waals surface area (Å²) in [4.78, 5) is 0. The summed E-state index contributed by atoms with van der Waals surface area (Å²) in [7, 11) is 0. The fraction of sp³-hybridized carbons (Fsp3) is 0.273. The zero-order valence-corrected chi connectivity index (χ0v) is 9.32. The van der Waals surface area contributed by atoms with Crippen molar-refractivity contribution in [3.8, 4) is 12.3 Å². The molecule has 0 radical (unpaired) electrons. The van der Waals surface area contributed by atoms with E-state index in [2.05, 4.69) is 21.9 Å². The van der Waals surface area contributed by atoms with Crippen LogP contribution in [0.4, 0.5) is 13.2 Å². The molecule has 1 aromatic rings. The first-order chi connectivity index (χ1) is 6.95. The highest BCUT2D eigenvalue weighted by Crippen LogP contribution is 2.32. The van der Waals surface area contributed by atoms with E-state index in [4.69, 9.17) is 6.42 Å². The highest BCUT2D eigenvalue weighted by Gasteiger charge is 2.30. The molecule has 15 heavy (non-hydrogen) atoms. The molecule has 0 heterocycles. The molecule has 0 atom stereocenters. The molecule has 0 spiro atoms. The van der Waals surface area contributed by atoms with E-state index in [-0.39, 0.29) is 0 Å². The van der Waals surface area contributed by atoms with Crippen molar-refractivity contribution in [2.24, 2.45) is 0 Å². The van der Waals surface area contributed by atoms with Crippen molar-refractivity contribution in [3.05, 3.63) is 33.8 Å². The summed E-state index contributed by atoms with van der Waals surface area (Å²) in [5.41, 5.74) is 0.139. The Hall–Kier alpha value is -0.950. The average molecular weight is 277 g/mol. The van der Waals surface area contributed by atoms with E-state index in [0.717, 1.165) is 17.7 Å². The Labute approximate surface area is 94.6 Å². The molecule has 1 aromatic carbocycles. The van der Waals surface area contributed by atoms with Crippen LogP contribution in [-0.2, 0) is 12.6 Å². The minimum Gasteiger partial charge on any atom is -0.166 e. The van der Waals surface area contributed by atoms with Gasteiger partial charge in [0.1, 0.15) is 0 Å². The zero-order valence-electron chi connectivity index (χ0n) is 7.74. The third-order valence-electron chi connectivity index (χ3n) is 1.92. The fourth-order valence-electron chi connectivity index (χ4n) is 1.13. The molecule has 0 aliphatic rings. The standard InChI is InChI=1S/C11H8BrF3/c1-2-3-4-8-5-6-9(7-10(8)12)11(13,14)15/h1,5-7H,3-4H2. The van der Waals surface area contributed by atoms with Crippen molar-refractivity contribution in [3.63, 3.8) is 0 Å². The Balaban J connectivity index is 2.94. The smallest absolute Gasteiger partial charge is 0.166 e. The molecule has 0 N–H and O–H groups in total. The van der Waals surface area contributed by atoms with Gasteiger partial charge in [-0.2, -0.15) is 13.2 Å². The van der Waals surface area contributed by atoms with E-state index in [1.807, 2.05) is 0 Å². The predicted octanol–water partition coefficient (Wildman–Crippen LogP) is 4.03. The number of benzene rings is 1. The number of hydrogen-bond donors (Lipinski definition) is 0. The Morgan fingerprint density at radius 3 is 2.47 bits per heavy atom. The average Bonchev–Trinajstić information content (AvgIpc) is 2.14. The maximum absolute atomic E-state index is 12.3. The van der Waals surface area contributed by atoms with Crippen LogP contribution in [0.25, 0.3) is 0 Å². The first kappa shape index (κ1) is 12.1. The molecular weight excluding hydrogens is 269 g/mol. The maximum atomic E-state index is 12.3. The van der Waals surface area contributed by atoms with Crippen LogP contribution < -0.4 is 0 Å². The van der Waals surface area contributed by atoms with E-state index in [1.54, 1.807) is 0 Å². The second kappa shape index (κ2) is 4.71. The van der Waals surface area contributed by atoms with Crippen molar-refractivity contribution in [1.29, 1.82) is 0 Å². The molecule has 0 unspecified atom stereocenters. The van der Waals surface area contributed by atoms with Gasteiger partial charge >= 0.3 is 6.18 Å². The van der Waals surface area contributed by atoms with Crippen molar-refractivity contribution in [2.75, 3.05) is 0 Å². The van der Waals surface area contributed by atoms with Crippen molar-refractivity contribution >= 4 is 15.9 Å². The van der Waals surface area contributed by atoms with Gasteiger partial charge < -0.3 is 0 Å². The van der Waals surface area contributed by atoms with Crippen molar-refractivity contribution < 1.29 is 13.2 Å². The van der Waals surface area contributed by atoms with Gasteiger partial charge in [0.05, 0.1) is 5.56 Å². The lowest BCUT2D eigenvalue weighted by Gasteiger charge is -2.09. The molecule has 80 valence electrons. The molecular formula is C11H8BrF3. The number of alkyl halides is 3. The quantitative estimate of drug-likeness (QED) is 0.716. The molecule has 1 rings (SSSR count). The van der Waals surface area contributed by atoms with Crippen LogP contribution in [0.3, 0.4) is 0 Å². The molecule has 0 amide bonds. The lowest BCUT2D eigenvalue weighted by atomic mass is 10.1. The minimum atomic E-state index is -4.30. The molecule has 0 aliphatic heterocycles. The van der Waals surface area contributed by atoms with Crippen LogP contribution in [0.1, 0.15) is 17.5 Å². The monoisotopic (exact) mass is 276 g/mol. The number of aryl methyl sites for hydroxylation is 1. The van der Waals surface area contributed by atoms with Crippen LogP contribution in [0.15, 0.2) is 22.7 Å². The van der Waals surface area contributed by atoms with Crippen LogP contribution in [0.2, 0.25) is 0 Å². The van der Waals surface area contributed by atoms with E-state index in [0.29, 0.717) is 17.3 Å². The van der Waals surface area contributed by atoms with Gasteiger partial charge in [0.25, 0.3) is 0 Å². The third-order valence-corrected chi connectivity index (χ3v) is 2.66. The van der Waals surface area contributed by atoms with Gasteiger partial charge in [-0.1, -0.05) is 22.0 Å². The molecule has 0 aliphatic carbocycles. The van der Waals surface area contributed by atoms with E-state index < -0.39 is 11.7 Å². The second-order valence-corrected chi connectivity index (χ2v) is 3.86. The molecule has 0 bridgehead atoms. The van der Waals surface area contributed by atoms with Crippen molar-refractivity contribution in [2.45, 2.75) is 19.0 Å². The van der Waals surface area contributed by atoms with Gasteiger partial charge in [-0.25, -0.2) is 0 Å². The summed E-state index contributed by atoms with van der Waals surface area (Å²) < 4.78 is 37.3. The van der Waals surface area contributed by atoms with Gasteiger partial charge in [0, 0.05) is 10.9 Å². The van der Waals surface area contributed by atoms with E-state index in [9.17, 15) is 13.2 Å². The molecule has 0 saturated carbocycles. The third kappa shape index (κ3) is 3.28. The van der Waals surface area contributed by atoms with Crippen LogP contribution in [0.5, 0.6) is 0 Å². The van der Waals surface area contributed by atoms with Gasteiger partial charge in [-0.15, -0.1) is 12.3 Å². The van der Waals surface area contributed by atoms with Crippen LogP contribution in [-0.4, -0.2) is 0 Å². The van der Waals surface area contributed by atoms with E-state index in [1.165, 1.54) is 6.07 Å². The summed E-state index contributed by atoms with van der Waals surface area (Å²) >= 11 is 3.10. The highest BCUT2D eigenvalue weighted by atomic mass is 79.9. The first-order valence-corrected chi connectivity index (χ1v) is 5.03. The van der Waals surface area contributed by atoms with Crippen molar-refractivity contribution in [1.82, 2.24) is 0 Å². The summed E-state index contributed by atoms with van der Waals surface area (Å²) in [6.45, 7) is 0. The fourth-order valence-corrected chi connectivity index (χ4v) is 1.71. The topological polar surface area (TPSA) is 0 Å². The predicted molar refractivity (Wildman–Crippen MR) is 56.3 cm³/mol. The maximum Gasteiger partial charge on any atom is 0.416 e. The molecule has 0 aromatic heterocycles. The number of halogens is 4. The van der Waals surface area contributed by atoms with Gasteiger partial charge in [-0.05, 0) is 24.1 Å². The van der Waals surface area contributed by atoms with Crippen LogP contribution in [0, 0.1) is 12.3 Å². The van der Waals surface area contributed by atoms with Gasteiger partial charge in [0.15, 0.2) is 0 Å². The van der Waals surface area contributed by atoms with E-state index >= 15 is 0 Å². The Morgan fingerprint density at radius 2 is 2.00 bits per heavy atom. The van der Waals surface area contributed by atoms with Gasteiger partial charge in [-0.3, -0.25) is 0 Å². The Kier molecular flexibility index (Phi) is 3.81. The van der Waals surface area contributed by atoms with Crippen LogP contribution >= 0.6 is 15.9 Å². The minimum absolute atomic E-state index is 0.451. The normalized spacial score (nSPS) is 11.1. The Bertz CT molecular complexity index is 388. The summed E-state index contributed by atoms with van der Waals surface area (Å²) in [5.74, 6) is 2.45. The molecule has 4 heteroatoms. The largest absolute Gasteiger partial charge is 0.416 e. The number of rotatable bonds is 2. The summed E-state index contributed by atoms with van der Waals surface area (Å²) in [6.07, 6.45) is 1.88. The zero-order chi connectivity index (χ0) is 11.5. The van der Waals surface area contributed by atoms with Gasteiger partial charge in [0.2, 0.25) is 0 Å². The number of terminal acetylenes is 1. The lowest BCUT2D eigenvalue weighted by Crippen LogP contribution is -2.05. The Morgan fingerprint density at radius 1 is 1.33 bits per heavy atom. The molecule has 0 fully saturated rings. The number of hydrogen-bond acceptors (Lipinski definition) is 0. The molecule has 0 nitrogen and oxygen atoms in total. The molecule has 0 saturated heterocycles. The highest BCUT2D eigenvalue weighted by molar-refractivity contribution is 9.10. The lowest BCUT2D eigenvalue weighted by molar-refractivity contribution is -0.137. The summed E-state index contributed by atoms with van der Waals surface area (Å²) in [6, 6.07) is 3.59.